The molecule has 1 aliphatic rings. The number of rotatable bonds is 42. The van der Waals surface area contributed by atoms with Crippen LogP contribution in [-0.4, -0.2) is 87.5 Å². The molecule has 0 aromatic carbocycles. The van der Waals surface area contributed by atoms with E-state index in [-0.39, 0.29) is 12.5 Å². The van der Waals surface area contributed by atoms with Crippen molar-refractivity contribution >= 4 is 5.91 Å². The Labute approximate surface area is 362 Å². The fourth-order valence-electron chi connectivity index (χ4n) is 8.00. The van der Waals surface area contributed by atoms with Crippen LogP contribution in [0.25, 0.3) is 0 Å². The SMILES string of the molecule is CCCCC/C=C/CC/C=C/C(O)C(COC1OC(CO)C(O)C(O)C1O)NC(=O)CCCCCCCCCCCCCCCCCCCCCCCCCCCCC. The quantitative estimate of drug-likeness (QED) is 0.0263. The van der Waals surface area contributed by atoms with Crippen LogP contribution in [0.15, 0.2) is 24.3 Å². The molecule has 0 aromatic rings. The van der Waals surface area contributed by atoms with Crippen LogP contribution in [0.2, 0.25) is 0 Å². The van der Waals surface area contributed by atoms with Gasteiger partial charge in [0.1, 0.15) is 24.4 Å². The molecule has 7 unspecified atom stereocenters. The van der Waals surface area contributed by atoms with Crippen molar-refractivity contribution in [2.45, 2.75) is 275 Å². The standard InChI is InChI=1S/C50H95NO8/c1-3-5-7-9-11-13-14-15-16-17-18-19-20-21-22-23-24-25-26-27-28-29-30-32-34-36-38-40-46(54)51-43(44(53)39-37-35-33-31-12-10-8-6-4-2)42-58-50-49(57)48(56)47(55)45(41-52)59-50/h12,31,37,39,43-45,47-50,52-53,55-57H,3-11,13-30,32-36,38,40-42H2,1-2H3,(H,51,54)/b31-12+,39-37+. The molecule has 348 valence electrons. The monoisotopic (exact) mass is 838 g/mol. The van der Waals surface area contributed by atoms with E-state index in [9.17, 15) is 30.3 Å². The van der Waals surface area contributed by atoms with E-state index in [0.717, 1.165) is 38.5 Å². The van der Waals surface area contributed by atoms with Gasteiger partial charge in [-0.15, -0.1) is 0 Å². The summed E-state index contributed by atoms with van der Waals surface area (Å²) in [7, 11) is 0. The van der Waals surface area contributed by atoms with Gasteiger partial charge in [-0.05, 0) is 32.1 Å². The van der Waals surface area contributed by atoms with Crippen LogP contribution >= 0.6 is 0 Å². The highest BCUT2D eigenvalue weighted by atomic mass is 16.7. The van der Waals surface area contributed by atoms with E-state index in [2.05, 4.69) is 31.3 Å². The Balaban J connectivity index is 2.14. The van der Waals surface area contributed by atoms with Gasteiger partial charge in [0, 0.05) is 6.42 Å². The van der Waals surface area contributed by atoms with Gasteiger partial charge in [-0.1, -0.05) is 218 Å². The number of hydrogen-bond acceptors (Lipinski definition) is 8. The van der Waals surface area contributed by atoms with Crippen molar-refractivity contribution in [2.24, 2.45) is 0 Å². The second-order valence-electron chi connectivity index (χ2n) is 17.6. The molecule has 1 rings (SSSR count). The normalized spacial score (nSPS) is 20.8. The highest BCUT2D eigenvalue weighted by Gasteiger charge is 2.44. The van der Waals surface area contributed by atoms with Crippen LogP contribution in [0.3, 0.4) is 0 Å². The first-order chi connectivity index (χ1) is 28.8. The lowest BCUT2D eigenvalue weighted by molar-refractivity contribution is -0.302. The highest BCUT2D eigenvalue weighted by Crippen LogP contribution is 2.23. The molecule has 0 bridgehead atoms. The molecule has 1 fully saturated rings. The summed E-state index contributed by atoms with van der Waals surface area (Å²) in [5.74, 6) is -0.186. The van der Waals surface area contributed by atoms with Gasteiger partial charge in [0.05, 0.1) is 25.4 Å². The van der Waals surface area contributed by atoms with E-state index in [0.29, 0.717) is 6.42 Å². The Morgan fingerprint density at radius 3 is 1.42 bits per heavy atom. The molecule has 6 N–H and O–H groups in total. The van der Waals surface area contributed by atoms with Crippen LogP contribution in [0.5, 0.6) is 0 Å². The minimum Gasteiger partial charge on any atom is -0.394 e. The number of carbonyl (C=O) groups excluding carboxylic acids is 1. The van der Waals surface area contributed by atoms with E-state index in [1.807, 2.05) is 6.08 Å². The van der Waals surface area contributed by atoms with Crippen LogP contribution in [0.1, 0.15) is 232 Å². The predicted molar refractivity (Wildman–Crippen MR) is 244 cm³/mol. The molecule has 0 radical (unpaired) electrons. The number of nitrogens with one attached hydrogen (secondary N) is 1. The van der Waals surface area contributed by atoms with Crippen molar-refractivity contribution in [3.05, 3.63) is 24.3 Å². The number of carbonyl (C=O) groups is 1. The van der Waals surface area contributed by atoms with Crippen molar-refractivity contribution in [1.82, 2.24) is 5.32 Å². The van der Waals surface area contributed by atoms with E-state index >= 15 is 0 Å². The second kappa shape index (κ2) is 40.7. The lowest BCUT2D eigenvalue weighted by Gasteiger charge is -2.40. The molecule has 0 spiro atoms. The van der Waals surface area contributed by atoms with Crippen LogP contribution < -0.4 is 5.32 Å². The third kappa shape index (κ3) is 31.2. The number of aliphatic hydroxyl groups excluding tert-OH is 5. The van der Waals surface area contributed by atoms with Gasteiger partial charge < -0.3 is 40.3 Å². The smallest absolute Gasteiger partial charge is 0.220 e. The summed E-state index contributed by atoms with van der Waals surface area (Å²) in [5, 5.41) is 54.0. The maximum absolute atomic E-state index is 12.9. The fourth-order valence-corrected chi connectivity index (χ4v) is 8.00. The minimum absolute atomic E-state index is 0.186. The van der Waals surface area contributed by atoms with Gasteiger partial charge in [0.15, 0.2) is 6.29 Å². The maximum atomic E-state index is 12.9. The molecular formula is C50H95NO8. The average molecular weight is 838 g/mol. The molecule has 1 amide bonds. The van der Waals surface area contributed by atoms with Gasteiger partial charge in [0.2, 0.25) is 5.91 Å². The molecule has 0 saturated carbocycles. The van der Waals surface area contributed by atoms with Gasteiger partial charge in [-0.2, -0.15) is 0 Å². The second-order valence-corrected chi connectivity index (χ2v) is 17.6. The molecule has 1 saturated heterocycles. The lowest BCUT2D eigenvalue weighted by Crippen LogP contribution is -2.60. The summed E-state index contributed by atoms with van der Waals surface area (Å²) in [6, 6.07) is -0.815. The zero-order chi connectivity index (χ0) is 43.0. The molecular weight excluding hydrogens is 743 g/mol. The first-order valence-electron chi connectivity index (χ1n) is 25.1. The lowest BCUT2D eigenvalue weighted by atomic mass is 9.99. The molecule has 59 heavy (non-hydrogen) atoms. The van der Waals surface area contributed by atoms with E-state index in [1.165, 1.54) is 173 Å². The Morgan fingerprint density at radius 2 is 0.966 bits per heavy atom. The third-order valence-electron chi connectivity index (χ3n) is 12.0. The molecule has 0 aliphatic carbocycles. The number of hydrogen-bond donors (Lipinski definition) is 6. The Morgan fingerprint density at radius 1 is 0.559 bits per heavy atom. The zero-order valence-electron chi connectivity index (χ0n) is 38.3. The highest BCUT2D eigenvalue weighted by molar-refractivity contribution is 5.76. The summed E-state index contributed by atoms with van der Waals surface area (Å²) < 4.78 is 11.2. The summed E-state index contributed by atoms with van der Waals surface area (Å²) in [5.41, 5.74) is 0. The zero-order valence-corrected chi connectivity index (χ0v) is 38.3. The van der Waals surface area contributed by atoms with Gasteiger partial charge >= 0.3 is 0 Å². The van der Waals surface area contributed by atoms with Crippen LogP contribution in [0.4, 0.5) is 0 Å². The number of unbranched alkanes of at least 4 members (excludes halogenated alkanes) is 30. The Kier molecular flexibility index (Phi) is 38.4. The largest absolute Gasteiger partial charge is 0.394 e. The van der Waals surface area contributed by atoms with Crippen LogP contribution in [0, 0.1) is 0 Å². The van der Waals surface area contributed by atoms with Gasteiger partial charge in [0.25, 0.3) is 0 Å². The summed E-state index contributed by atoms with van der Waals surface area (Å²) >= 11 is 0. The predicted octanol–water partition coefficient (Wildman–Crippen LogP) is 11.1. The topological polar surface area (TPSA) is 149 Å². The Bertz CT molecular complexity index is 977. The molecule has 9 heteroatoms. The first kappa shape index (κ1) is 55.7. The fraction of sp³-hybridized carbons (Fsp3) is 0.900. The van der Waals surface area contributed by atoms with E-state index < -0.39 is 49.5 Å². The molecule has 1 heterocycles. The Hall–Kier alpha value is -1.33. The van der Waals surface area contributed by atoms with Crippen molar-refractivity contribution in [1.29, 1.82) is 0 Å². The van der Waals surface area contributed by atoms with Crippen molar-refractivity contribution < 1.29 is 39.8 Å². The minimum atomic E-state index is -1.57. The van der Waals surface area contributed by atoms with Crippen LogP contribution in [-0.2, 0) is 14.3 Å². The third-order valence-corrected chi connectivity index (χ3v) is 12.0. The van der Waals surface area contributed by atoms with Crippen molar-refractivity contribution in [3.63, 3.8) is 0 Å². The maximum Gasteiger partial charge on any atom is 0.220 e. The number of ether oxygens (including phenoxy) is 2. The molecule has 1 aliphatic heterocycles. The van der Waals surface area contributed by atoms with E-state index in [1.54, 1.807) is 6.08 Å². The van der Waals surface area contributed by atoms with Crippen molar-refractivity contribution in [2.75, 3.05) is 13.2 Å². The summed E-state index contributed by atoms with van der Waals surface area (Å²) in [6.45, 7) is 3.72. The first-order valence-corrected chi connectivity index (χ1v) is 25.1. The molecule has 7 atom stereocenters. The summed E-state index contributed by atoms with van der Waals surface area (Å²) in [4.78, 5) is 12.9. The number of allylic oxidation sites excluding steroid dienone is 3. The number of amides is 1. The van der Waals surface area contributed by atoms with E-state index in [4.69, 9.17) is 9.47 Å². The average Bonchev–Trinajstić information content (AvgIpc) is 3.23. The molecule has 0 aromatic heterocycles. The van der Waals surface area contributed by atoms with Gasteiger partial charge in [-0.3, -0.25) is 4.79 Å². The van der Waals surface area contributed by atoms with Gasteiger partial charge in [-0.25, -0.2) is 0 Å². The summed E-state index contributed by atoms with van der Waals surface area (Å²) in [6.07, 6.45) is 42.7. The number of aliphatic hydroxyl groups is 5. The molecule has 9 nitrogen and oxygen atoms in total. The van der Waals surface area contributed by atoms with Crippen molar-refractivity contribution in [3.8, 4) is 0 Å².